The van der Waals surface area contributed by atoms with E-state index >= 15 is 0 Å². The number of carbonyl (C=O) groups excluding carboxylic acids is 1. The predicted molar refractivity (Wildman–Crippen MR) is 68.5 cm³/mol. The zero-order valence-electron chi connectivity index (χ0n) is 9.64. The van der Waals surface area contributed by atoms with Crippen LogP contribution >= 0.6 is 11.8 Å². The van der Waals surface area contributed by atoms with Crippen molar-refractivity contribution in [3.05, 3.63) is 23.4 Å². The molecule has 0 spiro atoms. The molecule has 2 heterocycles. The zero-order valence-corrected chi connectivity index (χ0v) is 10.5. The summed E-state index contributed by atoms with van der Waals surface area (Å²) in [5.74, 6) is 3.41. The molecule has 2 rings (SSSR count). The normalized spacial score (nSPS) is 19.8. The van der Waals surface area contributed by atoms with Gasteiger partial charge in [-0.1, -0.05) is 0 Å². The van der Waals surface area contributed by atoms with Crippen molar-refractivity contribution in [2.75, 3.05) is 23.5 Å². The summed E-state index contributed by atoms with van der Waals surface area (Å²) in [6, 6.07) is 2.48. The van der Waals surface area contributed by atoms with E-state index in [-0.39, 0.29) is 0 Å². The first-order chi connectivity index (χ1) is 7.72. The Morgan fingerprint density at radius 3 is 3.00 bits per heavy atom. The largest absolute Gasteiger partial charge is 0.356 e. The van der Waals surface area contributed by atoms with Gasteiger partial charge < -0.3 is 4.90 Å². The summed E-state index contributed by atoms with van der Waals surface area (Å²) < 4.78 is 0. The lowest BCUT2D eigenvalue weighted by molar-refractivity contribution is 0.112. The molecule has 86 valence electrons. The van der Waals surface area contributed by atoms with Gasteiger partial charge in [0.25, 0.3) is 0 Å². The molecule has 0 bridgehead atoms. The number of hydrogen-bond donors (Lipinski definition) is 0. The lowest BCUT2D eigenvalue weighted by Gasteiger charge is -2.26. The standard InChI is InChI=1S/C12H16N2OS/c1-9-5-10(7-15)6-13-12(9)14(2)11-3-4-16-8-11/h5-7,11H,3-4,8H2,1-2H3. The van der Waals surface area contributed by atoms with E-state index in [9.17, 15) is 4.79 Å². The average molecular weight is 236 g/mol. The number of rotatable bonds is 3. The minimum atomic E-state index is 0.582. The maximum absolute atomic E-state index is 10.6. The monoisotopic (exact) mass is 236 g/mol. The predicted octanol–water partition coefficient (Wildman–Crippen LogP) is 2.14. The summed E-state index contributed by atoms with van der Waals surface area (Å²) in [6.07, 6.45) is 3.71. The van der Waals surface area contributed by atoms with Gasteiger partial charge in [0.1, 0.15) is 5.82 Å². The van der Waals surface area contributed by atoms with E-state index in [0.717, 1.165) is 17.7 Å². The van der Waals surface area contributed by atoms with E-state index in [0.29, 0.717) is 11.6 Å². The van der Waals surface area contributed by atoms with Crippen molar-refractivity contribution in [3.63, 3.8) is 0 Å². The first kappa shape index (κ1) is 11.5. The number of aryl methyl sites for hydroxylation is 1. The minimum absolute atomic E-state index is 0.582. The maximum atomic E-state index is 10.6. The van der Waals surface area contributed by atoms with Crippen molar-refractivity contribution in [1.82, 2.24) is 4.98 Å². The summed E-state index contributed by atoms with van der Waals surface area (Å²) in [5.41, 5.74) is 1.72. The summed E-state index contributed by atoms with van der Waals surface area (Å²) in [6.45, 7) is 2.01. The van der Waals surface area contributed by atoms with Crippen LogP contribution in [0.1, 0.15) is 22.3 Å². The van der Waals surface area contributed by atoms with E-state index in [4.69, 9.17) is 0 Å². The third-order valence-electron chi connectivity index (χ3n) is 3.00. The Hall–Kier alpha value is -1.03. The summed E-state index contributed by atoms with van der Waals surface area (Å²) in [5, 5.41) is 0. The molecule has 3 nitrogen and oxygen atoms in total. The van der Waals surface area contributed by atoms with Crippen molar-refractivity contribution in [2.45, 2.75) is 19.4 Å². The van der Waals surface area contributed by atoms with Gasteiger partial charge in [0.15, 0.2) is 6.29 Å². The Morgan fingerprint density at radius 1 is 1.62 bits per heavy atom. The van der Waals surface area contributed by atoms with Gasteiger partial charge in [-0.3, -0.25) is 4.79 Å². The summed E-state index contributed by atoms with van der Waals surface area (Å²) in [4.78, 5) is 17.3. The molecule has 1 atom stereocenters. The quantitative estimate of drug-likeness (QED) is 0.753. The highest BCUT2D eigenvalue weighted by Gasteiger charge is 2.22. The molecule has 1 aliphatic rings. The van der Waals surface area contributed by atoms with E-state index in [1.165, 1.54) is 17.9 Å². The van der Waals surface area contributed by atoms with Gasteiger partial charge in [-0.2, -0.15) is 11.8 Å². The van der Waals surface area contributed by atoms with Crippen LogP contribution < -0.4 is 4.90 Å². The second-order valence-electron chi connectivity index (χ2n) is 4.16. The van der Waals surface area contributed by atoms with Gasteiger partial charge in [0, 0.05) is 30.6 Å². The van der Waals surface area contributed by atoms with Gasteiger partial charge in [0.05, 0.1) is 0 Å². The van der Waals surface area contributed by atoms with Crippen molar-refractivity contribution < 1.29 is 4.79 Å². The first-order valence-electron chi connectivity index (χ1n) is 5.45. The molecule has 0 amide bonds. The molecule has 0 aromatic carbocycles. The number of carbonyl (C=O) groups is 1. The van der Waals surface area contributed by atoms with E-state index in [2.05, 4.69) is 16.9 Å². The SMILES string of the molecule is Cc1cc(C=O)cnc1N(C)C1CCSC1. The Kier molecular flexibility index (Phi) is 3.49. The van der Waals surface area contributed by atoms with Gasteiger partial charge in [-0.05, 0) is 30.7 Å². The fourth-order valence-corrected chi connectivity index (χ4v) is 3.29. The second kappa shape index (κ2) is 4.87. The number of nitrogens with zero attached hydrogens (tertiary/aromatic N) is 2. The molecular formula is C12H16N2OS. The molecule has 1 unspecified atom stereocenters. The lowest BCUT2D eigenvalue weighted by Crippen LogP contribution is -2.32. The number of anilines is 1. The van der Waals surface area contributed by atoms with Crippen molar-refractivity contribution in [3.8, 4) is 0 Å². The Bertz CT molecular complexity index is 389. The maximum Gasteiger partial charge on any atom is 0.151 e. The Labute approximate surface area is 100 Å². The molecule has 1 aliphatic heterocycles. The number of aldehydes is 1. The molecule has 16 heavy (non-hydrogen) atoms. The van der Waals surface area contributed by atoms with Crippen molar-refractivity contribution in [2.24, 2.45) is 0 Å². The Balaban J connectivity index is 2.22. The molecular weight excluding hydrogens is 220 g/mol. The topological polar surface area (TPSA) is 33.2 Å². The van der Waals surface area contributed by atoms with Crippen LogP contribution in [0.25, 0.3) is 0 Å². The van der Waals surface area contributed by atoms with Crippen LogP contribution in [0.4, 0.5) is 5.82 Å². The van der Waals surface area contributed by atoms with Crippen LogP contribution in [0.5, 0.6) is 0 Å². The molecule has 4 heteroatoms. The van der Waals surface area contributed by atoms with Crippen LogP contribution in [0.15, 0.2) is 12.3 Å². The lowest BCUT2D eigenvalue weighted by atomic mass is 10.1. The van der Waals surface area contributed by atoms with E-state index in [1.54, 1.807) is 6.20 Å². The summed E-state index contributed by atoms with van der Waals surface area (Å²) >= 11 is 1.99. The summed E-state index contributed by atoms with van der Waals surface area (Å²) in [7, 11) is 2.09. The third-order valence-corrected chi connectivity index (χ3v) is 4.14. The molecule has 1 aromatic rings. The van der Waals surface area contributed by atoms with Crippen LogP contribution in [0.3, 0.4) is 0 Å². The smallest absolute Gasteiger partial charge is 0.151 e. The molecule has 0 aliphatic carbocycles. The number of hydrogen-bond acceptors (Lipinski definition) is 4. The van der Waals surface area contributed by atoms with Crippen molar-refractivity contribution >= 4 is 23.9 Å². The molecule has 1 fully saturated rings. The fourth-order valence-electron chi connectivity index (χ4n) is 2.02. The van der Waals surface area contributed by atoms with Gasteiger partial charge in [0.2, 0.25) is 0 Å². The Morgan fingerprint density at radius 2 is 2.44 bits per heavy atom. The molecule has 0 saturated carbocycles. The van der Waals surface area contributed by atoms with E-state index in [1.807, 2.05) is 24.8 Å². The zero-order chi connectivity index (χ0) is 11.5. The first-order valence-corrected chi connectivity index (χ1v) is 6.60. The van der Waals surface area contributed by atoms with Gasteiger partial charge in [-0.25, -0.2) is 4.98 Å². The average Bonchev–Trinajstić information content (AvgIpc) is 2.81. The van der Waals surface area contributed by atoms with Crippen LogP contribution in [-0.2, 0) is 0 Å². The number of aromatic nitrogens is 1. The number of thioether (sulfide) groups is 1. The van der Waals surface area contributed by atoms with E-state index < -0.39 is 0 Å². The molecule has 0 N–H and O–H groups in total. The van der Waals surface area contributed by atoms with Gasteiger partial charge in [-0.15, -0.1) is 0 Å². The molecule has 0 radical (unpaired) electrons. The van der Waals surface area contributed by atoms with Gasteiger partial charge >= 0.3 is 0 Å². The minimum Gasteiger partial charge on any atom is -0.356 e. The molecule has 1 saturated heterocycles. The van der Waals surface area contributed by atoms with Crippen LogP contribution in [0, 0.1) is 6.92 Å². The highest BCUT2D eigenvalue weighted by molar-refractivity contribution is 7.99. The fraction of sp³-hybridized carbons (Fsp3) is 0.500. The van der Waals surface area contributed by atoms with Crippen molar-refractivity contribution in [1.29, 1.82) is 0 Å². The molecule has 1 aromatic heterocycles. The third kappa shape index (κ3) is 2.21. The van der Waals surface area contributed by atoms with Crippen LogP contribution in [-0.4, -0.2) is 35.9 Å². The van der Waals surface area contributed by atoms with Crippen LogP contribution in [0.2, 0.25) is 0 Å². The second-order valence-corrected chi connectivity index (χ2v) is 5.31. The highest BCUT2D eigenvalue weighted by Crippen LogP contribution is 2.26. The number of pyridine rings is 1. The highest BCUT2D eigenvalue weighted by atomic mass is 32.2.